The first-order valence-corrected chi connectivity index (χ1v) is 22.2. The van der Waals surface area contributed by atoms with E-state index in [2.05, 4.69) is 152 Å². The smallest absolute Gasteiger partial charge is 0.0482 e. The summed E-state index contributed by atoms with van der Waals surface area (Å²) < 4.78 is 0. The van der Waals surface area contributed by atoms with E-state index in [0.717, 1.165) is 51.9 Å². The molecule has 0 spiro atoms. The molecule has 10 heteroatoms. The van der Waals surface area contributed by atoms with Gasteiger partial charge in [0.15, 0.2) is 0 Å². The van der Waals surface area contributed by atoms with Gasteiger partial charge in [0.1, 0.15) is 0 Å². The Labute approximate surface area is 340 Å². The minimum absolute atomic E-state index is 0.981. The van der Waals surface area contributed by atoms with Crippen LogP contribution in [-0.4, -0.2) is 125 Å². The average Bonchev–Trinajstić information content (AvgIpc) is 3.20. The largest absolute Gasteiger partial charge is 0.385 e. The van der Waals surface area contributed by atoms with Crippen molar-refractivity contribution in [2.75, 3.05) is 127 Å². The van der Waals surface area contributed by atoms with Gasteiger partial charge in [-0.25, -0.2) is 0 Å². The first kappa shape index (κ1) is 41.3. The highest BCUT2D eigenvalue weighted by molar-refractivity contribution is 7.99. The van der Waals surface area contributed by atoms with Crippen LogP contribution >= 0.6 is 23.5 Å². The molecule has 8 nitrogen and oxygen atoms in total. The van der Waals surface area contributed by atoms with Crippen LogP contribution in [0.15, 0.2) is 117 Å². The molecule has 0 amide bonds. The number of unbranched alkanes of at least 4 members (excludes halogenated alkanes) is 2. The van der Waals surface area contributed by atoms with Crippen LogP contribution < -0.4 is 21.3 Å². The van der Waals surface area contributed by atoms with Crippen LogP contribution in [-0.2, 0) is 0 Å². The molecular formula is C45H64N8S2. The molecule has 2 heterocycles. The summed E-state index contributed by atoms with van der Waals surface area (Å²) in [6.07, 6.45) is 5.81. The lowest BCUT2D eigenvalue weighted by Crippen LogP contribution is -2.44. The van der Waals surface area contributed by atoms with Gasteiger partial charge in [-0.2, -0.15) is 0 Å². The molecular weight excluding hydrogens is 717 g/mol. The van der Waals surface area contributed by atoms with Crippen molar-refractivity contribution in [3.63, 3.8) is 0 Å². The van der Waals surface area contributed by atoms with Gasteiger partial charge in [0.2, 0.25) is 0 Å². The number of hydrogen-bond donors (Lipinski definition) is 4. The first-order chi connectivity index (χ1) is 27.1. The van der Waals surface area contributed by atoms with Crippen molar-refractivity contribution in [3.8, 4) is 0 Å². The average molecular weight is 781 g/mol. The zero-order valence-corrected chi connectivity index (χ0v) is 34.9. The van der Waals surface area contributed by atoms with Crippen molar-refractivity contribution >= 4 is 46.3 Å². The van der Waals surface area contributed by atoms with E-state index in [-0.39, 0.29) is 0 Å². The van der Waals surface area contributed by atoms with E-state index in [1.165, 1.54) is 114 Å². The third-order valence-corrected chi connectivity index (χ3v) is 12.7. The molecule has 6 rings (SSSR count). The Morgan fingerprint density at radius 2 is 0.855 bits per heavy atom. The van der Waals surface area contributed by atoms with E-state index < -0.39 is 0 Å². The topological polar surface area (TPSA) is 61.1 Å². The third-order valence-electron chi connectivity index (χ3n) is 10.5. The highest BCUT2D eigenvalue weighted by atomic mass is 32.2. The number of nitrogens with zero attached hydrogens (tertiary/aromatic N) is 4. The predicted octanol–water partition coefficient (Wildman–Crippen LogP) is 8.78. The highest BCUT2D eigenvalue weighted by Crippen LogP contribution is 2.35. The van der Waals surface area contributed by atoms with Gasteiger partial charge < -0.3 is 40.9 Å². The van der Waals surface area contributed by atoms with Gasteiger partial charge in [0.25, 0.3) is 0 Å². The van der Waals surface area contributed by atoms with E-state index in [4.69, 9.17) is 0 Å². The van der Waals surface area contributed by atoms with Crippen LogP contribution in [0.4, 0.5) is 22.7 Å². The summed E-state index contributed by atoms with van der Waals surface area (Å²) in [5.74, 6) is 0. The standard InChI is InChI=1S/C45H64N8S2/c1-50-28-32-52(33-29-50)26-12-24-48-42-18-4-6-20-44(42)54-40-16-10-14-38(36-40)46-22-8-3-9-23-47-39-15-11-17-41(37-39)55-45-21-7-5-19-43(45)49-25-13-27-53-34-30-51(2)31-35-53/h4-7,10-11,14-21,36-37,46-49H,3,8-9,12-13,22-35H2,1-2H3. The number of para-hydroxylation sites is 2. The Morgan fingerprint density at radius 3 is 1.31 bits per heavy atom. The Hall–Kier alpha value is -3.38. The molecule has 4 aromatic rings. The van der Waals surface area contributed by atoms with E-state index in [9.17, 15) is 0 Å². The fourth-order valence-corrected chi connectivity index (χ4v) is 9.05. The highest BCUT2D eigenvalue weighted by Gasteiger charge is 2.14. The molecule has 2 fully saturated rings. The quantitative estimate of drug-likeness (QED) is 0.0583. The summed E-state index contributed by atoms with van der Waals surface area (Å²) in [7, 11) is 4.44. The predicted molar refractivity (Wildman–Crippen MR) is 239 cm³/mol. The van der Waals surface area contributed by atoms with Crippen molar-refractivity contribution in [3.05, 3.63) is 97.1 Å². The summed E-state index contributed by atoms with van der Waals surface area (Å²) in [6, 6.07) is 35.1. The number of likely N-dealkylation sites (N-methyl/N-ethyl adjacent to an activating group) is 2. The lowest BCUT2D eigenvalue weighted by atomic mass is 10.2. The number of anilines is 4. The number of hydrogen-bond acceptors (Lipinski definition) is 10. The monoisotopic (exact) mass is 780 g/mol. The maximum Gasteiger partial charge on any atom is 0.0482 e. The summed E-state index contributed by atoms with van der Waals surface area (Å²) in [5.41, 5.74) is 4.84. The summed E-state index contributed by atoms with van der Waals surface area (Å²) in [6.45, 7) is 15.8. The number of piperazine rings is 2. The normalized spacial score (nSPS) is 15.9. The molecule has 2 aliphatic heterocycles. The van der Waals surface area contributed by atoms with Gasteiger partial charge in [-0.15, -0.1) is 0 Å². The lowest BCUT2D eigenvalue weighted by Gasteiger charge is -2.32. The Kier molecular flexibility index (Phi) is 17.3. The Balaban J connectivity index is 0.855. The van der Waals surface area contributed by atoms with Crippen LogP contribution in [0.1, 0.15) is 32.1 Å². The Bertz CT molecular complexity index is 1570. The number of rotatable bonds is 22. The molecule has 4 N–H and O–H groups in total. The van der Waals surface area contributed by atoms with Crippen LogP contribution in [0.2, 0.25) is 0 Å². The maximum atomic E-state index is 3.71. The van der Waals surface area contributed by atoms with Crippen LogP contribution in [0, 0.1) is 0 Å². The summed E-state index contributed by atoms with van der Waals surface area (Å²) in [4.78, 5) is 15.1. The van der Waals surface area contributed by atoms with E-state index in [1.807, 2.05) is 23.5 Å². The minimum atomic E-state index is 0.981. The van der Waals surface area contributed by atoms with Crippen molar-refractivity contribution < 1.29 is 0 Å². The SMILES string of the molecule is CN1CCN(CCCNc2ccccc2Sc2cccc(NCCCCCNc3cccc(Sc4ccccc4NCCCN4CCN(C)CC4)c3)c2)CC1. The molecule has 0 unspecified atom stereocenters. The van der Waals surface area contributed by atoms with Crippen LogP contribution in [0.3, 0.4) is 0 Å². The molecule has 55 heavy (non-hydrogen) atoms. The van der Waals surface area contributed by atoms with Gasteiger partial charge in [-0.1, -0.05) is 59.9 Å². The van der Waals surface area contributed by atoms with Gasteiger partial charge in [-0.05, 0) is 120 Å². The molecule has 2 saturated heterocycles. The molecule has 0 aromatic heterocycles. The molecule has 0 bridgehead atoms. The molecule has 0 atom stereocenters. The van der Waals surface area contributed by atoms with E-state index in [1.54, 1.807) is 0 Å². The molecule has 4 aromatic carbocycles. The molecule has 2 aliphatic rings. The second kappa shape index (κ2) is 23.0. The van der Waals surface area contributed by atoms with Crippen molar-refractivity contribution in [2.24, 2.45) is 0 Å². The molecule has 296 valence electrons. The maximum absolute atomic E-state index is 3.71. The number of benzene rings is 4. The summed E-state index contributed by atoms with van der Waals surface area (Å²) >= 11 is 3.68. The molecule has 0 radical (unpaired) electrons. The third kappa shape index (κ3) is 14.6. The van der Waals surface area contributed by atoms with Gasteiger partial charge >= 0.3 is 0 Å². The fraction of sp³-hybridized carbons (Fsp3) is 0.467. The number of nitrogens with one attached hydrogen (secondary N) is 4. The van der Waals surface area contributed by atoms with Gasteiger partial charge in [0, 0.05) is 121 Å². The van der Waals surface area contributed by atoms with Crippen molar-refractivity contribution in [1.82, 2.24) is 19.6 Å². The zero-order valence-electron chi connectivity index (χ0n) is 33.3. The molecule has 0 saturated carbocycles. The second-order valence-electron chi connectivity index (χ2n) is 15.0. The van der Waals surface area contributed by atoms with Crippen LogP contribution in [0.5, 0.6) is 0 Å². The molecule has 0 aliphatic carbocycles. The first-order valence-electron chi connectivity index (χ1n) is 20.6. The van der Waals surface area contributed by atoms with Crippen molar-refractivity contribution in [1.29, 1.82) is 0 Å². The van der Waals surface area contributed by atoms with E-state index in [0.29, 0.717) is 0 Å². The second-order valence-corrected chi connectivity index (χ2v) is 17.2. The fourth-order valence-electron chi connectivity index (χ4n) is 7.08. The zero-order chi connectivity index (χ0) is 37.9. The summed E-state index contributed by atoms with van der Waals surface area (Å²) in [5, 5.41) is 14.8. The van der Waals surface area contributed by atoms with Crippen molar-refractivity contribution in [2.45, 2.75) is 51.7 Å². The van der Waals surface area contributed by atoms with E-state index >= 15 is 0 Å². The van der Waals surface area contributed by atoms with Gasteiger partial charge in [0.05, 0.1) is 0 Å². The van der Waals surface area contributed by atoms with Gasteiger partial charge in [-0.3, -0.25) is 0 Å². The lowest BCUT2D eigenvalue weighted by molar-refractivity contribution is 0.154. The Morgan fingerprint density at radius 1 is 0.436 bits per heavy atom. The minimum Gasteiger partial charge on any atom is -0.385 e. The van der Waals surface area contributed by atoms with Crippen LogP contribution in [0.25, 0.3) is 0 Å².